The van der Waals surface area contributed by atoms with Gasteiger partial charge in [-0.15, -0.1) is 0 Å². The molecule has 2 nitrogen and oxygen atoms in total. The Bertz CT molecular complexity index is 327. The third-order valence-electron chi connectivity index (χ3n) is 3.23. The summed E-state index contributed by atoms with van der Waals surface area (Å²) in [5.74, 6) is 0.332. The summed E-state index contributed by atoms with van der Waals surface area (Å²) in [6.45, 7) is 2.68. The molecule has 0 unspecified atom stereocenters. The summed E-state index contributed by atoms with van der Waals surface area (Å²) < 4.78 is 5.90. The molecule has 1 aliphatic rings. The van der Waals surface area contributed by atoms with Gasteiger partial charge in [0.1, 0.15) is 5.75 Å². The number of phenols is 1. The van der Waals surface area contributed by atoms with Gasteiger partial charge in [-0.3, -0.25) is 0 Å². The molecule has 1 fully saturated rings. The molecule has 82 valence electrons. The molecule has 1 N–H and O–H groups in total. The molecule has 2 heteroatoms. The maximum Gasteiger partial charge on any atom is 0.121 e. The van der Waals surface area contributed by atoms with E-state index in [4.69, 9.17) is 4.74 Å². The summed E-state index contributed by atoms with van der Waals surface area (Å²) in [6, 6.07) is 7.37. The monoisotopic (exact) mass is 206 g/mol. The number of hydrogen-bond donors (Lipinski definition) is 1. The topological polar surface area (TPSA) is 29.5 Å². The van der Waals surface area contributed by atoms with E-state index in [9.17, 15) is 5.11 Å². The van der Waals surface area contributed by atoms with Gasteiger partial charge in [0, 0.05) is 5.56 Å². The molecule has 1 saturated carbocycles. The number of ether oxygens (including phenoxy) is 1. The molecule has 0 aromatic heterocycles. The molecule has 0 saturated heterocycles. The van der Waals surface area contributed by atoms with E-state index in [2.05, 4.69) is 6.92 Å². The molecule has 2 rings (SSSR count). The van der Waals surface area contributed by atoms with Gasteiger partial charge in [0.15, 0.2) is 0 Å². The van der Waals surface area contributed by atoms with Crippen molar-refractivity contribution in [2.24, 2.45) is 0 Å². The van der Waals surface area contributed by atoms with Crippen molar-refractivity contribution in [1.29, 1.82) is 0 Å². The Morgan fingerprint density at radius 3 is 2.60 bits per heavy atom. The maximum atomic E-state index is 9.59. The van der Waals surface area contributed by atoms with Gasteiger partial charge in [-0.25, -0.2) is 0 Å². The molecule has 1 aliphatic carbocycles. The highest BCUT2D eigenvalue weighted by Gasteiger charge is 2.29. The van der Waals surface area contributed by atoms with Crippen LogP contribution in [0.25, 0.3) is 0 Å². The number of hydrogen-bond acceptors (Lipinski definition) is 2. The lowest BCUT2D eigenvalue weighted by Crippen LogP contribution is -2.23. The average Bonchev–Trinajstić information content (AvgIpc) is 2.65. The highest BCUT2D eigenvalue weighted by molar-refractivity contribution is 5.31. The van der Waals surface area contributed by atoms with E-state index in [1.54, 1.807) is 6.07 Å². The number of phenolic OH excluding ortho intramolecular Hbond substituents is 1. The fourth-order valence-electron chi connectivity index (χ4n) is 2.15. The van der Waals surface area contributed by atoms with Crippen LogP contribution in [0.3, 0.4) is 0 Å². The largest absolute Gasteiger partial charge is 0.508 e. The van der Waals surface area contributed by atoms with Crippen molar-refractivity contribution in [1.82, 2.24) is 0 Å². The molecular weight excluding hydrogens is 188 g/mol. The van der Waals surface area contributed by atoms with Gasteiger partial charge in [0.25, 0.3) is 0 Å². The lowest BCUT2D eigenvalue weighted by molar-refractivity contribution is -0.0382. The lowest BCUT2D eigenvalue weighted by Gasteiger charge is -2.24. The average molecular weight is 206 g/mol. The molecule has 1 aromatic rings. The fourth-order valence-corrected chi connectivity index (χ4v) is 2.15. The van der Waals surface area contributed by atoms with Crippen LogP contribution in [-0.4, -0.2) is 10.7 Å². The van der Waals surface area contributed by atoms with Gasteiger partial charge in [-0.05, 0) is 25.8 Å². The lowest BCUT2D eigenvalue weighted by atomic mass is 10.1. The van der Waals surface area contributed by atoms with Crippen molar-refractivity contribution < 1.29 is 9.84 Å². The SMILES string of the molecule is CC1(OCc2ccccc2O)CCCC1. The predicted molar refractivity (Wildman–Crippen MR) is 59.8 cm³/mol. The minimum Gasteiger partial charge on any atom is -0.508 e. The van der Waals surface area contributed by atoms with E-state index < -0.39 is 0 Å². The molecule has 0 aliphatic heterocycles. The molecule has 0 amide bonds. The minimum atomic E-state index is 0.0300. The van der Waals surface area contributed by atoms with Gasteiger partial charge in [0.2, 0.25) is 0 Å². The van der Waals surface area contributed by atoms with Crippen molar-refractivity contribution in [3.8, 4) is 5.75 Å². The summed E-state index contributed by atoms with van der Waals surface area (Å²) in [7, 11) is 0. The van der Waals surface area contributed by atoms with Crippen molar-refractivity contribution in [3.05, 3.63) is 29.8 Å². The summed E-state index contributed by atoms with van der Waals surface area (Å²) in [5, 5.41) is 9.59. The number of rotatable bonds is 3. The highest BCUT2D eigenvalue weighted by atomic mass is 16.5. The van der Waals surface area contributed by atoms with Gasteiger partial charge in [-0.1, -0.05) is 31.0 Å². The summed E-state index contributed by atoms with van der Waals surface area (Å²) in [6.07, 6.45) is 4.80. The minimum absolute atomic E-state index is 0.0300. The Balaban J connectivity index is 1.95. The third-order valence-corrected chi connectivity index (χ3v) is 3.23. The Hall–Kier alpha value is -1.02. The van der Waals surface area contributed by atoms with Crippen molar-refractivity contribution in [3.63, 3.8) is 0 Å². The number of para-hydroxylation sites is 1. The Morgan fingerprint density at radius 1 is 1.27 bits per heavy atom. The third kappa shape index (κ3) is 2.51. The second-order valence-corrected chi connectivity index (χ2v) is 4.57. The first-order chi connectivity index (χ1) is 7.20. The standard InChI is InChI=1S/C13H18O2/c1-13(8-4-5-9-13)15-10-11-6-2-3-7-12(11)14/h2-3,6-7,14H,4-5,8-10H2,1H3. The number of benzene rings is 1. The van der Waals surface area contributed by atoms with Crippen molar-refractivity contribution in [2.75, 3.05) is 0 Å². The number of aromatic hydroxyl groups is 1. The van der Waals surface area contributed by atoms with Crippen molar-refractivity contribution in [2.45, 2.75) is 44.8 Å². The van der Waals surface area contributed by atoms with E-state index >= 15 is 0 Å². The molecule has 0 heterocycles. The fraction of sp³-hybridized carbons (Fsp3) is 0.538. The summed E-state index contributed by atoms with van der Waals surface area (Å²) in [4.78, 5) is 0. The molecule has 0 radical (unpaired) electrons. The first-order valence-electron chi connectivity index (χ1n) is 5.60. The van der Waals surface area contributed by atoms with Crippen LogP contribution in [0, 0.1) is 0 Å². The molecule has 1 aromatic carbocycles. The quantitative estimate of drug-likeness (QED) is 0.822. The second-order valence-electron chi connectivity index (χ2n) is 4.57. The normalized spacial score (nSPS) is 19.3. The van der Waals surface area contributed by atoms with Crippen LogP contribution in [0.5, 0.6) is 5.75 Å². The van der Waals surface area contributed by atoms with E-state index in [1.807, 2.05) is 18.2 Å². The Morgan fingerprint density at radius 2 is 1.93 bits per heavy atom. The van der Waals surface area contributed by atoms with Crippen LogP contribution >= 0.6 is 0 Å². The van der Waals surface area contributed by atoms with Crippen LogP contribution in [-0.2, 0) is 11.3 Å². The van der Waals surface area contributed by atoms with Crippen molar-refractivity contribution >= 4 is 0 Å². The Labute approximate surface area is 90.9 Å². The zero-order valence-corrected chi connectivity index (χ0v) is 9.20. The van der Waals surface area contributed by atoms with Crippen LogP contribution in [0.4, 0.5) is 0 Å². The van der Waals surface area contributed by atoms with E-state index in [0.29, 0.717) is 12.4 Å². The predicted octanol–water partition coefficient (Wildman–Crippen LogP) is 3.24. The smallest absolute Gasteiger partial charge is 0.121 e. The molecular formula is C13H18O2. The zero-order chi connectivity index (χ0) is 10.7. The summed E-state index contributed by atoms with van der Waals surface area (Å²) in [5.41, 5.74) is 0.910. The first kappa shape index (κ1) is 10.5. The van der Waals surface area contributed by atoms with E-state index in [1.165, 1.54) is 12.8 Å². The van der Waals surface area contributed by atoms with Crippen LogP contribution < -0.4 is 0 Å². The van der Waals surface area contributed by atoms with Crippen LogP contribution in [0.1, 0.15) is 38.2 Å². The summed E-state index contributed by atoms with van der Waals surface area (Å²) >= 11 is 0. The van der Waals surface area contributed by atoms with E-state index in [-0.39, 0.29) is 5.60 Å². The van der Waals surface area contributed by atoms with Gasteiger partial charge < -0.3 is 9.84 Å². The zero-order valence-electron chi connectivity index (χ0n) is 9.20. The first-order valence-corrected chi connectivity index (χ1v) is 5.60. The van der Waals surface area contributed by atoms with E-state index in [0.717, 1.165) is 18.4 Å². The molecule has 0 spiro atoms. The van der Waals surface area contributed by atoms with Gasteiger partial charge in [0.05, 0.1) is 12.2 Å². The maximum absolute atomic E-state index is 9.59. The van der Waals surface area contributed by atoms with Crippen LogP contribution in [0.15, 0.2) is 24.3 Å². The molecule has 0 atom stereocenters. The Kier molecular flexibility index (Phi) is 2.96. The van der Waals surface area contributed by atoms with Gasteiger partial charge in [-0.2, -0.15) is 0 Å². The highest BCUT2D eigenvalue weighted by Crippen LogP contribution is 2.33. The molecule has 15 heavy (non-hydrogen) atoms. The second kappa shape index (κ2) is 4.23. The molecule has 0 bridgehead atoms. The van der Waals surface area contributed by atoms with Gasteiger partial charge >= 0.3 is 0 Å². The van der Waals surface area contributed by atoms with Crippen LogP contribution in [0.2, 0.25) is 0 Å².